The lowest BCUT2D eigenvalue weighted by Gasteiger charge is -2.33. The number of carbonyl (C=O) groups excluding carboxylic acids is 2. The first-order valence-electron chi connectivity index (χ1n) is 12.4. The van der Waals surface area contributed by atoms with E-state index in [-0.39, 0.29) is 24.5 Å². The molecular formula is C26H40NO5+. The van der Waals surface area contributed by atoms with Gasteiger partial charge in [0.25, 0.3) is 0 Å². The molecule has 0 aromatic heterocycles. The van der Waals surface area contributed by atoms with Crippen molar-refractivity contribution in [2.24, 2.45) is 5.92 Å². The van der Waals surface area contributed by atoms with E-state index in [0.717, 1.165) is 57.9 Å². The normalized spacial score (nSPS) is 25.4. The van der Waals surface area contributed by atoms with E-state index in [1.54, 1.807) is 0 Å². The van der Waals surface area contributed by atoms with Gasteiger partial charge in [0.1, 0.15) is 6.54 Å². The molecular weight excluding hydrogens is 406 g/mol. The molecule has 0 radical (unpaired) electrons. The number of hydrogen-bond donors (Lipinski definition) is 1. The fourth-order valence-electron chi connectivity index (χ4n) is 5.24. The third-order valence-corrected chi connectivity index (χ3v) is 7.15. The lowest BCUT2D eigenvalue weighted by molar-refractivity contribution is -0.891. The predicted octanol–water partition coefficient (Wildman–Crippen LogP) is 3.95. The van der Waals surface area contributed by atoms with E-state index in [1.165, 1.54) is 0 Å². The highest BCUT2D eigenvalue weighted by molar-refractivity contribution is 5.81. The number of ether oxygens (including phenoxy) is 2. The summed E-state index contributed by atoms with van der Waals surface area (Å²) in [6.45, 7) is 4.22. The molecule has 1 N–H and O–H groups in total. The molecule has 32 heavy (non-hydrogen) atoms. The largest absolute Gasteiger partial charge is 0.462 e. The highest BCUT2D eigenvalue weighted by atomic mass is 16.6. The van der Waals surface area contributed by atoms with Gasteiger partial charge in [-0.25, -0.2) is 9.59 Å². The van der Waals surface area contributed by atoms with Gasteiger partial charge < -0.3 is 19.1 Å². The topological polar surface area (TPSA) is 72.8 Å². The fraction of sp³-hybridized carbons (Fsp3) is 0.692. The van der Waals surface area contributed by atoms with E-state index in [2.05, 4.69) is 6.92 Å². The second-order valence-corrected chi connectivity index (χ2v) is 9.89. The smallest absolute Gasteiger partial charge is 0.361 e. The van der Waals surface area contributed by atoms with E-state index in [9.17, 15) is 14.7 Å². The minimum atomic E-state index is -1.61. The molecule has 1 aliphatic carbocycles. The molecule has 3 atom stereocenters. The summed E-state index contributed by atoms with van der Waals surface area (Å²) >= 11 is 0. The second-order valence-electron chi connectivity index (χ2n) is 9.89. The SMILES string of the molecule is CCCCCCOC(=O)C[N@@+]1(C)CC[C@@H](OC(=O)[C@](O)(c2ccccc2)C2CCCC2)C1. The number of hydrogen-bond acceptors (Lipinski definition) is 5. The Balaban J connectivity index is 1.56. The number of aliphatic hydroxyl groups is 1. The van der Waals surface area contributed by atoms with Crippen molar-refractivity contribution in [3.05, 3.63) is 35.9 Å². The first kappa shape index (κ1) is 24.7. The standard InChI is InChI=1S/C26H40NO5/c1-3-4-5-11-18-31-24(28)20-27(2)17-16-23(19-27)32-25(29)26(30,22-14-9-10-15-22)21-12-7-6-8-13-21/h6-8,12-13,22-23,30H,3-5,9-11,14-20H2,1-2H3/q+1/t23-,26+,27+/m1/s1. The lowest BCUT2D eigenvalue weighted by Crippen LogP contribution is -2.48. The van der Waals surface area contributed by atoms with E-state index >= 15 is 0 Å². The fourth-order valence-corrected chi connectivity index (χ4v) is 5.24. The molecule has 6 heteroatoms. The first-order valence-corrected chi connectivity index (χ1v) is 12.4. The van der Waals surface area contributed by atoms with E-state index in [4.69, 9.17) is 9.47 Å². The molecule has 0 spiro atoms. The number of quaternary nitrogens is 1. The van der Waals surface area contributed by atoms with E-state index in [1.807, 2.05) is 37.4 Å². The van der Waals surface area contributed by atoms with Crippen LogP contribution in [0.2, 0.25) is 0 Å². The van der Waals surface area contributed by atoms with Crippen LogP contribution in [0.15, 0.2) is 30.3 Å². The number of likely N-dealkylation sites (N-methyl/N-ethyl adjacent to an activating group) is 1. The Labute approximate surface area is 192 Å². The zero-order chi connectivity index (χ0) is 23.0. The number of likely N-dealkylation sites (tertiary alicyclic amines) is 1. The molecule has 0 bridgehead atoms. The summed E-state index contributed by atoms with van der Waals surface area (Å²) < 4.78 is 11.8. The molecule has 1 aliphatic heterocycles. The van der Waals surface area contributed by atoms with Crippen molar-refractivity contribution in [1.82, 2.24) is 0 Å². The molecule has 1 heterocycles. The van der Waals surface area contributed by atoms with Crippen LogP contribution < -0.4 is 0 Å². The van der Waals surface area contributed by atoms with Gasteiger partial charge in [0, 0.05) is 12.3 Å². The Morgan fingerprint density at radius 1 is 1.09 bits per heavy atom. The minimum Gasteiger partial charge on any atom is -0.462 e. The molecule has 3 rings (SSSR count). The van der Waals surface area contributed by atoms with Gasteiger partial charge in [-0.2, -0.15) is 0 Å². The number of unbranched alkanes of at least 4 members (excludes halogenated alkanes) is 3. The van der Waals surface area contributed by atoms with Crippen molar-refractivity contribution < 1.29 is 28.7 Å². The maximum Gasteiger partial charge on any atom is 0.361 e. The predicted molar refractivity (Wildman–Crippen MR) is 123 cm³/mol. The molecule has 1 aromatic carbocycles. The van der Waals surface area contributed by atoms with Gasteiger partial charge in [-0.05, 0) is 24.8 Å². The summed E-state index contributed by atoms with van der Waals surface area (Å²) in [5.41, 5.74) is -1.000. The Bertz CT molecular complexity index is 748. The summed E-state index contributed by atoms with van der Waals surface area (Å²) in [6, 6.07) is 9.20. The van der Waals surface area contributed by atoms with Crippen molar-refractivity contribution in [2.45, 2.75) is 76.4 Å². The summed E-state index contributed by atoms with van der Waals surface area (Å²) in [5, 5.41) is 11.6. The lowest BCUT2D eigenvalue weighted by atomic mass is 9.80. The quantitative estimate of drug-likeness (QED) is 0.317. The number of esters is 2. The van der Waals surface area contributed by atoms with Gasteiger partial charge in [0.2, 0.25) is 0 Å². The van der Waals surface area contributed by atoms with Crippen LogP contribution >= 0.6 is 0 Å². The maximum absolute atomic E-state index is 13.3. The number of carbonyl (C=O) groups is 2. The van der Waals surface area contributed by atoms with Gasteiger partial charge in [-0.15, -0.1) is 0 Å². The average molecular weight is 447 g/mol. The van der Waals surface area contributed by atoms with E-state index < -0.39 is 11.6 Å². The molecule has 0 unspecified atom stereocenters. The van der Waals surface area contributed by atoms with Crippen LogP contribution in [-0.4, -0.2) is 60.9 Å². The van der Waals surface area contributed by atoms with E-state index in [0.29, 0.717) is 29.6 Å². The highest BCUT2D eigenvalue weighted by Crippen LogP contribution is 2.42. The molecule has 178 valence electrons. The Morgan fingerprint density at radius 2 is 1.81 bits per heavy atom. The number of rotatable bonds is 11. The van der Waals surface area contributed by atoms with Crippen LogP contribution in [0.5, 0.6) is 0 Å². The zero-order valence-corrected chi connectivity index (χ0v) is 19.8. The first-order chi connectivity index (χ1) is 15.4. The van der Waals surface area contributed by atoms with Crippen LogP contribution in [0, 0.1) is 5.92 Å². The maximum atomic E-state index is 13.3. The summed E-state index contributed by atoms with van der Waals surface area (Å²) in [5.74, 6) is -0.863. The molecule has 0 amide bonds. The van der Waals surface area contributed by atoms with Gasteiger partial charge in [-0.3, -0.25) is 0 Å². The van der Waals surface area contributed by atoms with Gasteiger partial charge in [-0.1, -0.05) is 69.4 Å². The molecule has 2 aliphatic rings. The number of benzene rings is 1. The monoisotopic (exact) mass is 446 g/mol. The van der Waals surface area contributed by atoms with Gasteiger partial charge in [0.05, 0.1) is 20.2 Å². The zero-order valence-electron chi connectivity index (χ0n) is 19.8. The molecule has 1 saturated carbocycles. The number of nitrogens with zero attached hydrogens (tertiary/aromatic N) is 1. The summed E-state index contributed by atoms with van der Waals surface area (Å²) in [6.07, 6.45) is 8.37. The summed E-state index contributed by atoms with van der Waals surface area (Å²) in [4.78, 5) is 25.6. The van der Waals surface area contributed by atoms with Gasteiger partial charge >= 0.3 is 11.9 Å². The Kier molecular flexibility index (Phi) is 8.72. The van der Waals surface area contributed by atoms with Gasteiger partial charge in [0.15, 0.2) is 18.2 Å². The molecule has 1 aromatic rings. The summed E-state index contributed by atoms with van der Waals surface area (Å²) in [7, 11) is 2.01. The van der Waals surface area contributed by atoms with Crippen LogP contribution in [-0.2, 0) is 24.7 Å². The molecule has 1 saturated heterocycles. The Hall–Kier alpha value is -1.92. The van der Waals surface area contributed by atoms with Crippen LogP contribution in [0.25, 0.3) is 0 Å². The van der Waals surface area contributed by atoms with Crippen molar-refractivity contribution in [3.8, 4) is 0 Å². The minimum absolute atomic E-state index is 0.123. The Morgan fingerprint density at radius 3 is 2.50 bits per heavy atom. The third kappa shape index (κ3) is 6.10. The third-order valence-electron chi connectivity index (χ3n) is 7.15. The van der Waals surface area contributed by atoms with Crippen LogP contribution in [0.1, 0.15) is 70.3 Å². The van der Waals surface area contributed by atoms with Crippen molar-refractivity contribution in [1.29, 1.82) is 0 Å². The molecule has 6 nitrogen and oxygen atoms in total. The second kappa shape index (κ2) is 11.3. The van der Waals surface area contributed by atoms with Crippen molar-refractivity contribution in [3.63, 3.8) is 0 Å². The van der Waals surface area contributed by atoms with Crippen LogP contribution in [0.3, 0.4) is 0 Å². The molecule has 2 fully saturated rings. The van der Waals surface area contributed by atoms with Crippen molar-refractivity contribution >= 4 is 11.9 Å². The van der Waals surface area contributed by atoms with Crippen molar-refractivity contribution in [2.75, 3.05) is 33.3 Å². The average Bonchev–Trinajstić information content (AvgIpc) is 3.44. The highest BCUT2D eigenvalue weighted by Gasteiger charge is 2.50. The van der Waals surface area contributed by atoms with Crippen LogP contribution in [0.4, 0.5) is 0 Å².